The highest BCUT2D eigenvalue weighted by Crippen LogP contribution is 2.17. The molecule has 0 N–H and O–H groups in total. The normalized spacial score (nSPS) is 13.0. The molecule has 1 unspecified atom stereocenters. The second kappa shape index (κ2) is 2.80. The Hall–Kier alpha value is -0.600. The lowest BCUT2D eigenvalue weighted by Gasteiger charge is -2.09. The van der Waals surface area contributed by atoms with Gasteiger partial charge in [-0.3, -0.25) is 10.8 Å². The van der Waals surface area contributed by atoms with Crippen molar-refractivity contribution in [2.24, 2.45) is 0 Å². The highest BCUT2D eigenvalue weighted by molar-refractivity contribution is 8.09. The van der Waals surface area contributed by atoms with Crippen LogP contribution in [-0.4, -0.2) is 10.4 Å². The summed E-state index contributed by atoms with van der Waals surface area (Å²) in [5.74, 6) is 3.38. The smallest absolute Gasteiger partial charge is 0.0124 e. The van der Waals surface area contributed by atoms with Gasteiger partial charge >= 0.3 is 0 Å². The van der Waals surface area contributed by atoms with Crippen molar-refractivity contribution in [1.82, 2.24) is 0 Å². The van der Waals surface area contributed by atoms with Crippen LogP contribution in [0.3, 0.4) is 0 Å². The molecule has 48 valence electrons. The van der Waals surface area contributed by atoms with E-state index in [-0.39, 0.29) is 0 Å². The van der Waals surface area contributed by atoms with Crippen LogP contribution in [0.1, 0.15) is 0 Å². The first-order valence-electron chi connectivity index (χ1n) is 2.57. The molecule has 0 spiro atoms. The fourth-order valence-corrected chi connectivity index (χ4v) is 1.03. The first kappa shape index (κ1) is 6.52. The minimum absolute atomic E-state index is 0.775. The number of benzene rings is 1. The standard InChI is InChI=1S/C7H7OS/c1-9(8)7-5-3-2-4-6-7/h2-6H,1H2/q-1. The third-order valence-corrected chi connectivity index (χ3v) is 1.80. The van der Waals surface area contributed by atoms with E-state index in [1.807, 2.05) is 18.2 Å². The molecule has 1 atom stereocenters. The maximum atomic E-state index is 10.6. The molecule has 0 aromatic heterocycles. The van der Waals surface area contributed by atoms with Crippen LogP contribution in [0, 0.1) is 0 Å². The van der Waals surface area contributed by atoms with Gasteiger partial charge in [-0.15, -0.1) is 0 Å². The fourth-order valence-electron chi connectivity index (χ4n) is 0.572. The van der Waals surface area contributed by atoms with Gasteiger partial charge in [0.25, 0.3) is 0 Å². The van der Waals surface area contributed by atoms with Gasteiger partial charge in [0.05, 0.1) is 0 Å². The van der Waals surface area contributed by atoms with Crippen LogP contribution in [0.25, 0.3) is 0 Å². The van der Waals surface area contributed by atoms with E-state index in [0.717, 1.165) is 4.90 Å². The largest absolute Gasteiger partial charge is 0.799 e. The molecule has 0 saturated heterocycles. The van der Waals surface area contributed by atoms with Gasteiger partial charge < -0.3 is 4.55 Å². The molecule has 0 aliphatic rings. The average Bonchev–Trinajstić information content (AvgIpc) is 1.90. The van der Waals surface area contributed by atoms with Crippen LogP contribution in [0.5, 0.6) is 0 Å². The summed E-state index contributed by atoms with van der Waals surface area (Å²) in [5.41, 5.74) is 0. The summed E-state index contributed by atoms with van der Waals surface area (Å²) in [5, 5.41) is 0. The fraction of sp³-hybridized carbons (Fsp3) is 0. The lowest BCUT2D eigenvalue weighted by molar-refractivity contribution is 0.616. The van der Waals surface area contributed by atoms with Gasteiger partial charge in [-0.05, 0) is 4.90 Å². The first-order chi connectivity index (χ1) is 4.30. The molecule has 2 heteroatoms. The predicted molar refractivity (Wildman–Crippen MR) is 40.2 cm³/mol. The third-order valence-electron chi connectivity index (χ3n) is 1.01. The lowest BCUT2D eigenvalue weighted by Crippen LogP contribution is -1.68. The van der Waals surface area contributed by atoms with Gasteiger partial charge in [0.15, 0.2) is 0 Å². The molecule has 1 rings (SSSR count). The number of hydrogen-bond acceptors (Lipinski definition) is 1. The number of hydrogen-bond donors (Lipinski definition) is 0. The van der Waals surface area contributed by atoms with E-state index >= 15 is 0 Å². The maximum absolute atomic E-state index is 10.6. The Morgan fingerprint density at radius 2 is 1.78 bits per heavy atom. The topological polar surface area (TPSA) is 23.1 Å². The van der Waals surface area contributed by atoms with Crippen LogP contribution < -0.4 is 0 Å². The molecule has 1 nitrogen and oxygen atoms in total. The molecular weight excluding hydrogens is 132 g/mol. The molecule has 0 saturated carbocycles. The molecule has 0 aliphatic heterocycles. The van der Waals surface area contributed by atoms with E-state index in [1.165, 1.54) is 0 Å². The van der Waals surface area contributed by atoms with Gasteiger partial charge in [-0.1, -0.05) is 36.2 Å². The van der Waals surface area contributed by atoms with Crippen LogP contribution >= 0.6 is 10.8 Å². The van der Waals surface area contributed by atoms with E-state index < -0.39 is 10.8 Å². The van der Waals surface area contributed by atoms with Gasteiger partial charge in [-0.25, -0.2) is 0 Å². The zero-order valence-electron chi connectivity index (χ0n) is 4.91. The number of rotatable bonds is 1. The Morgan fingerprint density at radius 3 is 2.11 bits per heavy atom. The summed E-state index contributed by atoms with van der Waals surface area (Å²) in [6, 6.07) is 9.17. The van der Waals surface area contributed by atoms with Crippen LogP contribution in [-0.2, 0) is 0 Å². The van der Waals surface area contributed by atoms with Crippen molar-refractivity contribution in [1.29, 1.82) is 0 Å². The van der Waals surface area contributed by atoms with E-state index in [2.05, 4.69) is 5.87 Å². The SMILES string of the molecule is C=S([O-])c1ccccc1. The van der Waals surface area contributed by atoms with Crippen LogP contribution in [0.2, 0.25) is 0 Å². The monoisotopic (exact) mass is 139 g/mol. The van der Waals surface area contributed by atoms with Crippen LogP contribution in [0.4, 0.5) is 0 Å². The predicted octanol–water partition coefficient (Wildman–Crippen LogP) is 1.88. The Labute approximate surface area is 57.1 Å². The molecule has 0 radical (unpaired) electrons. The molecule has 0 bridgehead atoms. The van der Waals surface area contributed by atoms with Crippen molar-refractivity contribution >= 4 is 16.6 Å². The zero-order chi connectivity index (χ0) is 6.69. The van der Waals surface area contributed by atoms with E-state index in [4.69, 9.17) is 0 Å². The van der Waals surface area contributed by atoms with Crippen molar-refractivity contribution in [3.05, 3.63) is 30.3 Å². The highest BCUT2D eigenvalue weighted by Gasteiger charge is 1.79. The van der Waals surface area contributed by atoms with Crippen molar-refractivity contribution in [3.63, 3.8) is 0 Å². The summed E-state index contributed by atoms with van der Waals surface area (Å²) in [4.78, 5) is 0.775. The van der Waals surface area contributed by atoms with Crippen molar-refractivity contribution in [2.45, 2.75) is 4.90 Å². The Kier molecular flexibility index (Phi) is 2.03. The van der Waals surface area contributed by atoms with Crippen LogP contribution in [0.15, 0.2) is 35.2 Å². The Bertz CT molecular complexity index is 205. The molecule has 9 heavy (non-hydrogen) atoms. The summed E-state index contributed by atoms with van der Waals surface area (Å²) < 4.78 is 10.6. The highest BCUT2D eigenvalue weighted by atomic mass is 32.2. The van der Waals surface area contributed by atoms with Gasteiger partial charge in [-0.2, -0.15) is 0 Å². The molecular formula is C7H7OS-. The van der Waals surface area contributed by atoms with Crippen molar-refractivity contribution in [2.75, 3.05) is 0 Å². The minimum atomic E-state index is -1.08. The Balaban J connectivity index is 2.98. The third kappa shape index (κ3) is 1.66. The summed E-state index contributed by atoms with van der Waals surface area (Å²) in [6.07, 6.45) is 0. The molecule has 0 fully saturated rings. The molecule has 0 heterocycles. The average molecular weight is 139 g/mol. The second-order valence-corrected chi connectivity index (χ2v) is 2.82. The summed E-state index contributed by atoms with van der Waals surface area (Å²) in [7, 11) is -1.08. The second-order valence-electron chi connectivity index (χ2n) is 1.66. The zero-order valence-corrected chi connectivity index (χ0v) is 5.73. The quantitative estimate of drug-likeness (QED) is 0.545. The molecule has 1 aromatic carbocycles. The summed E-state index contributed by atoms with van der Waals surface area (Å²) in [6.45, 7) is 0. The van der Waals surface area contributed by atoms with Gasteiger partial charge in [0, 0.05) is 0 Å². The van der Waals surface area contributed by atoms with Gasteiger partial charge in [0.1, 0.15) is 0 Å². The summed E-state index contributed by atoms with van der Waals surface area (Å²) >= 11 is 0. The van der Waals surface area contributed by atoms with Gasteiger partial charge in [0.2, 0.25) is 0 Å². The minimum Gasteiger partial charge on any atom is -0.799 e. The van der Waals surface area contributed by atoms with Crippen molar-refractivity contribution in [3.8, 4) is 0 Å². The molecule has 0 aliphatic carbocycles. The first-order valence-corrected chi connectivity index (χ1v) is 3.89. The van der Waals surface area contributed by atoms with Crippen molar-refractivity contribution < 1.29 is 4.55 Å². The molecule has 1 aromatic rings. The van der Waals surface area contributed by atoms with E-state index in [9.17, 15) is 4.55 Å². The lowest BCUT2D eigenvalue weighted by atomic mass is 10.4. The van der Waals surface area contributed by atoms with E-state index in [0.29, 0.717) is 0 Å². The van der Waals surface area contributed by atoms with E-state index in [1.54, 1.807) is 12.1 Å². The maximum Gasteiger partial charge on any atom is -0.0124 e. The Morgan fingerprint density at radius 1 is 1.22 bits per heavy atom. The molecule has 0 amide bonds.